The standard InChI is InChI=1S/C41H39F5N6O4S2/c42-35-7-4-30(58(55,56)52-15-11-29(12-16-52)49-40-47-20-28(21-48-40)41(44,45)46)19-33(35)26-1-2-27(36(43)17-26)22-51-13-9-24(10-14-51)25-3-5-31-34(23-57-37(31)18-25)32-6-8-38(53)50-39(32)54/h1-5,7,17-21,23-24,29,32H,6,8-16,22H2,(H,47,48,49)(H,50,53,54). The summed E-state index contributed by atoms with van der Waals surface area (Å²) in [7, 11) is -4.05. The largest absolute Gasteiger partial charge is 0.419 e. The second-order valence-electron chi connectivity index (χ2n) is 15.1. The number of rotatable bonds is 9. The Balaban J connectivity index is 0.869. The van der Waals surface area contributed by atoms with Crippen molar-refractivity contribution in [3.63, 3.8) is 0 Å². The number of likely N-dealkylation sites (tertiary alicyclic amines) is 1. The number of sulfonamides is 1. The molecule has 10 nitrogen and oxygen atoms in total. The average Bonchev–Trinajstić information content (AvgIpc) is 3.62. The summed E-state index contributed by atoms with van der Waals surface area (Å²) >= 11 is 1.60. The number of imide groups is 1. The summed E-state index contributed by atoms with van der Waals surface area (Å²) in [6.45, 7) is 2.07. The number of benzene rings is 3. The van der Waals surface area contributed by atoms with Crippen LogP contribution in [0.3, 0.4) is 0 Å². The van der Waals surface area contributed by atoms with Gasteiger partial charge in [-0.1, -0.05) is 24.3 Å². The molecule has 0 radical (unpaired) electrons. The summed E-state index contributed by atoms with van der Waals surface area (Å²) in [5.41, 5.74) is 1.82. The van der Waals surface area contributed by atoms with Gasteiger partial charge in [-0.3, -0.25) is 19.8 Å². The van der Waals surface area contributed by atoms with E-state index in [-0.39, 0.29) is 58.8 Å². The Morgan fingerprint density at radius 1 is 0.862 bits per heavy atom. The van der Waals surface area contributed by atoms with E-state index in [9.17, 15) is 31.2 Å². The van der Waals surface area contributed by atoms with E-state index in [1.54, 1.807) is 23.5 Å². The van der Waals surface area contributed by atoms with Crippen LogP contribution in [0.15, 0.2) is 77.3 Å². The van der Waals surface area contributed by atoms with E-state index in [1.165, 1.54) is 28.1 Å². The van der Waals surface area contributed by atoms with Crippen LogP contribution in [0, 0.1) is 11.6 Å². The van der Waals surface area contributed by atoms with E-state index in [1.807, 2.05) is 5.38 Å². The van der Waals surface area contributed by atoms with Gasteiger partial charge in [-0.15, -0.1) is 11.3 Å². The van der Waals surface area contributed by atoms with E-state index in [0.29, 0.717) is 56.1 Å². The van der Waals surface area contributed by atoms with E-state index in [0.717, 1.165) is 47.6 Å². The van der Waals surface area contributed by atoms with Crippen LogP contribution in [0.2, 0.25) is 0 Å². The molecule has 58 heavy (non-hydrogen) atoms. The molecule has 5 aromatic rings. The van der Waals surface area contributed by atoms with Crippen LogP contribution in [-0.4, -0.2) is 71.6 Å². The lowest BCUT2D eigenvalue weighted by Crippen LogP contribution is -2.42. The molecule has 1 atom stereocenters. The van der Waals surface area contributed by atoms with Gasteiger partial charge in [0.15, 0.2) is 0 Å². The second-order valence-corrected chi connectivity index (χ2v) is 17.9. The van der Waals surface area contributed by atoms with Crippen molar-refractivity contribution in [3.05, 3.63) is 106 Å². The highest BCUT2D eigenvalue weighted by molar-refractivity contribution is 7.89. The normalized spacial score (nSPS) is 19.4. The molecule has 304 valence electrons. The molecule has 0 saturated carbocycles. The molecular formula is C41H39F5N6O4S2. The Morgan fingerprint density at radius 2 is 1.60 bits per heavy atom. The topological polar surface area (TPSA) is 125 Å². The van der Waals surface area contributed by atoms with Gasteiger partial charge >= 0.3 is 6.18 Å². The highest BCUT2D eigenvalue weighted by Crippen LogP contribution is 2.39. The van der Waals surface area contributed by atoms with Gasteiger partial charge in [0.25, 0.3) is 0 Å². The molecule has 5 heterocycles. The predicted octanol–water partition coefficient (Wildman–Crippen LogP) is 7.82. The van der Waals surface area contributed by atoms with Crippen LogP contribution in [0.5, 0.6) is 0 Å². The minimum atomic E-state index is -4.56. The fourth-order valence-corrected chi connectivity index (χ4v) is 10.7. The fourth-order valence-electron chi connectivity index (χ4n) is 8.09. The lowest BCUT2D eigenvalue weighted by atomic mass is 9.87. The Bertz CT molecular complexity index is 2460. The minimum absolute atomic E-state index is 0.00826. The van der Waals surface area contributed by atoms with Gasteiger partial charge in [0.1, 0.15) is 11.6 Å². The maximum Gasteiger partial charge on any atom is 0.419 e. The van der Waals surface area contributed by atoms with Gasteiger partial charge in [-0.25, -0.2) is 27.2 Å². The Morgan fingerprint density at radius 3 is 2.29 bits per heavy atom. The van der Waals surface area contributed by atoms with Crippen molar-refractivity contribution in [2.24, 2.45) is 0 Å². The zero-order valence-electron chi connectivity index (χ0n) is 31.1. The Kier molecular flexibility index (Phi) is 11.1. The van der Waals surface area contributed by atoms with Crippen LogP contribution in [0.1, 0.15) is 72.6 Å². The Labute approximate surface area is 335 Å². The quantitative estimate of drug-likeness (QED) is 0.114. The molecule has 2 N–H and O–H groups in total. The zero-order chi connectivity index (χ0) is 40.8. The van der Waals surface area contributed by atoms with Gasteiger partial charge in [0, 0.05) is 60.3 Å². The van der Waals surface area contributed by atoms with E-state index in [2.05, 4.69) is 43.7 Å². The minimum Gasteiger partial charge on any atom is -0.351 e. The Hall–Kier alpha value is -4.84. The number of nitrogens with zero attached hydrogens (tertiary/aromatic N) is 4. The van der Waals surface area contributed by atoms with Crippen molar-refractivity contribution in [2.45, 2.75) is 74.0 Å². The van der Waals surface area contributed by atoms with E-state index >= 15 is 8.78 Å². The van der Waals surface area contributed by atoms with Crippen molar-refractivity contribution >= 4 is 49.2 Å². The summed E-state index contributed by atoms with van der Waals surface area (Å²) in [6, 6.07) is 14.0. The molecule has 1 unspecified atom stereocenters. The van der Waals surface area contributed by atoms with Crippen LogP contribution in [0.25, 0.3) is 21.2 Å². The molecule has 17 heteroatoms. The molecule has 2 aromatic heterocycles. The molecule has 0 aliphatic carbocycles. The third kappa shape index (κ3) is 8.35. The van der Waals surface area contributed by atoms with Crippen LogP contribution in [-0.2, 0) is 32.3 Å². The smallest absolute Gasteiger partial charge is 0.351 e. The molecule has 3 aliphatic heterocycles. The van der Waals surface area contributed by atoms with E-state index in [4.69, 9.17) is 0 Å². The van der Waals surface area contributed by atoms with Crippen LogP contribution >= 0.6 is 11.3 Å². The molecule has 2 amide bonds. The van der Waals surface area contributed by atoms with Gasteiger partial charge in [-0.05, 0) is 109 Å². The summed E-state index contributed by atoms with van der Waals surface area (Å²) in [4.78, 5) is 33.6. The number of anilines is 1. The summed E-state index contributed by atoms with van der Waals surface area (Å²) in [5.74, 6) is -1.68. The number of piperidine rings is 3. The number of nitrogens with one attached hydrogen (secondary N) is 2. The monoisotopic (exact) mass is 838 g/mol. The first-order valence-electron chi connectivity index (χ1n) is 19.0. The highest BCUT2D eigenvalue weighted by Gasteiger charge is 2.34. The molecule has 3 fully saturated rings. The summed E-state index contributed by atoms with van der Waals surface area (Å²) in [6.07, 6.45) is 0.0770. The molecule has 8 rings (SSSR count). The molecule has 0 spiro atoms. The van der Waals surface area contributed by atoms with Crippen molar-refractivity contribution in [1.82, 2.24) is 24.5 Å². The molecule has 3 aromatic carbocycles. The number of hydrogen-bond donors (Lipinski definition) is 2. The van der Waals surface area contributed by atoms with Gasteiger partial charge in [-0.2, -0.15) is 17.5 Å². The summed E-state index contributed by atoms with van der Waals surface area (Å²) < 4.78 is 98.9. The zero-order valence-corrected chi connectivity index (χ0v) is 32.7. The first kappa shape index (κ1) is 40.0. The number of carbonyl (C=O) groups is 2. The number of fused-ring (bicyclic) bond motifs is 1. The van der Waals surface area contributed by atoms with Crippen molar-refractivity contribution in [3.8, 4) is 11.1 Å². The number of aromatic nitrogens is 2. The van der Waals surface area contributed by atoms with Gasteiger partial charge in [0.05, 0.1) is 16.4 Å². The molecule has 3 saturated heterocycles. The van der Waals surface area contributed by atoms with Crippen LogP contribution in [0.4, 0.5) is 27.9 Å². The summed E-state index contributed by atoms with van der Waals surface area (Å²) in [5, 5.41) is 8.46. The number of thiophene rings is 1. The van der Waals surface area contributed by atoms with Gasteiger partial charge in [0.2, 0.25) is 27.8 Å². The number of alkyl halides is 3. The van der Waals surface area contributed by atoms with Crippen molar-refractivity contribution < 1.29 is 40.0 Å². The average molecular weight is 839 g/mol. The van der Waals surface area contributed by atoms with Crippen LogP contribution < -0.4 is 10.6 Å². The maximum atomic E-state index is 15.6. The maximum absolute atomic E-state index is 15.6. The van der Waals surface area contributed by atoms with Crippen molar-refractivity contribution in [1.29, 1.82) is 0 Å². The second kappa shape index (κ2) is 16.1. The fraction of sp³-hybridized carbons (Fsp3) is 0.366. The lowest BCUT2D eigenvalue weighted by molar-refractivity contribution is -0.138. The molecule has 0 bridgehead atoms. The number of amides is 2. The van der Waals surface area contributed by atoms with Gasteiger partial charge < -0.3 is 5.32 Å². The van der Waals surface area contributed by atoms with E-state index < -0.39 is 33.4 Å². The number of hydrogen-bond acceptors (Lipinski definition) is 9. The number of halogens is 5. The predicted molar refractivity (Wildman–Crippen MR) is 208 cm³/mol. The first-order valence-corrected chi connectivity index (χ1v) is 21.4. The lowest BCUT2D eigenvalue weighted by Gasteiger charge is -2.32. The molecule has 3 aliphatic rings. The highest BCUT2D eigenvalue weighted by atomic mass is 32.2. The van der Waals surface area contributed by atoms with Crippen molar-refractivity contribution in [2.75, 3.05) is 31.5 Å². The third-order valence-electron chi connectivity index (χ3n) is 11.4. The first-order chi connectivity index (χ1) is 27.7. The number of carbonyl (C=O) groups excluding carboxylic acids is 2. The molecular weight excluding hydrogens is 800 g/mol. The third-order valence-corrected chi connectivity index (χ3v) is 14.3. The SMILES string of the molecule is O=C1CCC(c2csc3cc(C4CCN(Cc5ccc(-c6cc(S(=O)(=O)N7CCC(Nc8ncc(C(F)(F)F)cn8)CC7)ccc6F)cc5F)CC4)ccc23)C(=O)N1.